The Morgan fingerprint density at radius 3 is 2.00 bits per heavy atom. The fraction of sp³-hybridized carbons (Fsp3) is 0.833. The van der Waals surface area contributed by atoms with Crippen LogP contribution in [0.5, 0.6) is 0 Å². The number of alkyl halides is 3. The van der Waals surface area contributed by atoms with Crippen LogP contribution in [0.4, 0.5) is 18.0 Å². The molecule has 1 N–H and O–H groups in total. The van der Waals surface area contributed by atoms with Gasteiger partial charge in [0.05, 0.1) is 6.61 Å². The first-order valence-corrected chi connectivity index (χ1v) is 6.49. The summed E-state index contributed by atoms with van der Waals surface area (Å²) in [6.07, 6.45) is -4.63. The Kier molecular flexibility index (Phi) is 5.43. The predicted molar refractivity (Wildman–Crippen MR) is 68.7 cm³/mol. The van der Waals surface area contributed by atoms with E-state index in [1.165, 1.54) is 11.8 Å². The van der Waals surface area contributed by atoms with Gasteiger partial charge in [0.1, 0.15) is 0 Å². The Bertz CT molecular complexity index is 395. The van der Waals surface area contributed by atoms with Gasteiger partial charge in [0, 0.05) is 40.2 Å². The molecule has 1 rings (SSSR count). The van der Waals surface area contributed by atoms with Gasteiger partial charge in [-0.15, -0.1) is 0 Å². The number of amides is 3. The summed E-state index contributed by atoms with van der Waals surface area (Å²) >= 11 is 0. The van der Waals surface area contributed by atoms with Crippen LogP contribution < -0.4 is 5.32 Å². The molecule has 0 saturated carbocycles. The van der Waals surface area contributed by atoms with Crippen LogP contribution in [0.15, 0.2) is 0 Å². The standard InChI is InChI=1S/C12H20F3N3O3/c1-9(19)17-4-6-18(7-5-17)10(20)16-11(2,8-21-3)12(13,14)15/h4-8H2,1-3H3,(H,16,20). The van der Waals surface area contributed by atoms with Crippen LogP contribution in [0.1, 0.15) is 13.8 Å². The third-order valence-corrected chi connectivity index (χ3v) is 3.45. The molecule has 0 spiro atoms. The number of hydrogen-bond acceptors (Lipinski definition) is 3. The summed E-state index contributed by atoms with van der Waals surface area (Å²) in [5.41, 5.74) is -2.45. The number of methoxy groups -OCH3 is 1. The largest absolute Gasteiger partial charge is 0.413 e. The maximum absolute atomic E-state index is 13.0. The van der Waals surface area contributed by atoms with Crippen molar-refractivity contribution in [3.63, 3.8) is 0 Å². The summed E-state index contributed by atoms with van der Waals surface area (Å²) in [5, 5.41) is 1.98. The van der Waals surface area contributed by atoms with Gasteiger partial charge in [0.25, 0.3) is 0 Å². The zero-order chi connectivity index (χ0) is 16.3. The molecule has 9 heteroatoms. The quantitative estimate of drug-likeness (QED) is 0.840. The Labute approximate surface area is 121 Å². The first kappa shape index (κ1) is 17.5. The highest BCUT2D eigenvalue weighted by molar-refractivity contribution is 5.76. The van der Waals surface area contributed by atoms with Gasteiger partial charge in [-0.25, -0.2) is 4.79 Å². The first-order chi connectivity index (χ1) is 9.60. The van der Waals surface area contributed by atoms with Crippen molar-refractivity contribution in [1.29, 1.82) is 0 Å². The van der Waals surface area contributed by atoms with E-state index in [0.29, 0.717) is 13.1 Å². The van der Waals surface area contributed by atoms with Crippen LogP contribution in [-0.4, -0.2) is 73.3 Å². The van der Waals surface area contributed by atoms with Crippen LogP contribution in [-0.2, 0) is 9.53 Å². The molecule has 1 aliphatic rings. The van der Waals surface area contributed by atoms with Crippen molar-refractivity contribution in [2.24, 2.45) is 0 Å². The number of halogens is 3. The van der Waals surface area contributed by atoms with Gasteiger partial charge in [-0.05, 0) is 6.92 Å². The van der Waals surface area contributed by atoms with E-state index in [4.69, 9.17) is 0 Å². The number of urea groups is 1. The molecule has 1 atom stereocenters. The van der Waals surface area contributed by atoms with E-state index < -0.39 is 24.4 Å². The van der Waals surface area contributed by atoms with Gasteiger partial charge >= 0.3 is 12.2 Å². The van der Waals surface area contributed by atoms with Crippen LogP contribution in [0.2, 0.25) is 0 Å². The zero-order valence-electron chi connectivity index (χ0n) is 12.3. The minimum Gasteiger partial charge on any atom is -0.382 e. The molecule has 21 heavy (non-hydrogen) atoms. The van der Waals surface area contributed by atoms with Crippen LogP contribution in [0.25, 0.3) is 0 Å². The summed E-state index contributed by atoms with van der Waals surface area (Å²) in [6.45, 7) is 2.65. The third-order valence-electron chi connectivity index (χ3n) is 3.45. The normalized spacial score (nSPS) is 19.1. The highest BCUT2D eigenvalue weighted by atomic mass is 19.4. The topological polar surface area (TPSA) is 61.9 Å². The van der Waals surface area contributed by atoms with E-state index in [9.17, 15) is 22.8 Å². The van der Waals surface area contributed by atoms with E-state index in [2.05, 4.69) is 4.74 Å². The predicted octanol–water partition coefficient (Wildman–Crippen LogP) is 0.827. The fourth-order valence-electron chi connectivity index (χ4n) is 2.02. The van der Waals surface area contributed by atoms with Crippen molar-refractivity contribution >= 4 is 11.9 Å². The van der Waals surface area contributed by atoms with E-state index in [1.54, 1.807) is 4.90 Å². The van der Waals surface area contributed by atoms with Gasteiger partial charge in [0.2, 0.25) is 5.91 Å². The molecule has 122 valence electrons. The molecular weight excluding hydrogens is 291 g/mol. The Balaban J connectivity index is 2.66. The van der Waals surface area contributed by atoms with Crippen molar-refractivity contribution < 1.29 is 27.5 Å². The number of nitrogens with one attached hydrogen (secondary N) is 1. The third kappa shape index (κ3) is 4.23. The number of ether oxygens (including phenoxy) is 1. The van der Waals surface area contributed by atoms with Crippen LogP contribution in [0, 0.1) is 0 Å². The van der Waals surface area contributed by atoms with E-state index in [-0.39, 0.29) is 19.0 Å². The SMILES string of the molecule is COCC(C)(NC(=O)N1CCN(C(C)=O)CC1)C(F)(F)F. The van der Waals surface area contributed by atoms with E-state index in [0.717, 1.165) is 14.0 Å². The molecule has 1 aliphatic heterocycles. The number of hydrogen-bond donors (Lipinski definition) is 1. The van der Waals surface area contributed by atoms with Crippen LogP contribution in [0.3, 0.4) is 0 Å². The number of carbonyl (C=O) groups is 2. The summed E-state index contributed by atoms with van der Waals surface area (Å²) in [5.74, 6) is -0.116. The molecule has 3 amide bonds. The molecule has 0 aliphatic carbocycles. The Morgan fingerprint density at radius 2 is 1.62 bits per heavy atom. The lowest BCUT2D eigenvalue weighted by atomic mass is 10.0. The summed E-state index contributed by atoms with van der Waals surface area (Å²) in [6, 6.07) is -0.810. The van der Waals surface area contributed by atoms with Crippen molar-refractivity contribution in [2.75, 3.05) is 39.9 Å². The summed E-state index contributed by atoms with van der Waals surface area (Å²) in [4.78, 5) is 25.9. The molecule has 6 nitrogen and oxygen atoms in total. The van der Waals surface area contributed by atoms with Gasteiger partial charge in [-0.1, -0.05) is 0 Å². The molecular formula is C12H20F3N3O3. The molecule has 0 bridgehead atoms. The summed E-state index contributed by atoms with van der Waals surface area (Å²) < 4.78 is 43.6. The van der Waals surface area contributed by atoms with Crippen molar-refractivity contribution in [2.45, 2.75) is 25.6 Å². The minimum atomic E-state index is -4.63. The highest BCUT2D eigenvalue weighted by Crippen LogP contribution is 2.30. The van der Waals surface area contributed by atoms with Crippen molar-refractivity contribution in [3.05, 3.63) is 0 Å². The van der Waals surface area contributed by atoms with E-state index in [1.807, 2.05) is 5.32 Å². The first-order valence-electron chi connectivity index (χ1n) is 6.49. The monoisotopic (exact) mass is 311 g/mol. The highest BCUT2D eigenvalue weighted by Gasteiger charge is 2.52. The molecule has 0 radical (unpaired) electrons. The number of carbonyl (C=O) groups excluding carboxylic acids is 2. The molecule has 1 heterocycles. The minimum absolute atomic E-state index is 0.116. The average Bonchev–Trinajstić information content (AvgIpc) is 2.37. The average molecular weight is 311 g/mol. The molecule has 1 saturated heterocycles. The van der Waals surface area contributed by atoms with Crippen molar-refractivity contribution in [3.8, 4) is 0 Å². The lowest BCUT2D eigenvalue weighted by Crippen LogP contribution is -2.63. The second kappa shape index (κ2) is 6.50. The second-order valence-electron chi connectivity index (χ2n) is 5.19. The van der Waals surface area contributed by atoms with Gasteiger partial charge in [-0.3, -0.25) is 4.79 Å². The number of piperazine rings is 1. The zero-order valence-corrected chi connectivity index (χ0v) is 12.3. The molecule has 0 aromatic rings. The molecule has 0 aromatic heterocycles. The Hall–Kier alpha value is -1.51. The summed E-state index contributed by atoms with van der Waals surface area (Å²) in [7, 11) is 1.14. The lowest BCUT2D eigenvalue weighted by Gasteiger charge is -2.38. The molecule has 1 fully saturated rings. The smallest absolute Gasteiger partial charge is 0.382 e. The van der Waals surface area contributed by atoms with Crippen LogP contribution >= 0.6 is 0 Å². The molecule has 0 aromatic carbocycles. The number of nitrogens with zero attached hydrogens (tertiary/aromatic N) is 2. The number of rotatable bonds is 3. The van der Waals surface area contributed by atoms with Gasteiger partial charge in [0.15, 0.2) is 5.54 Å². The molecule has 1 unspecified atom stereocenters. The lowest BCUT2D eigenvalue weighted by molar-refractivity contribution is -0.200. The second-order valence-corrected chi connectivity index (χ2v) is 5.19. The fourth-order valence-corrected chi connectivity index (χ4v) is 2.02. The van der Waals surface area contributed by atoms with Gasteiger partial charge in [-0.2, -0.15) is 13.2 Å². The maximum atomic E-state index is 13.0. The van der Waals surface area contributed by atoms with Gasteiger partial charge < -0.3 is 19.9 Å². The Morgan fingerprint density at radius 1 is 1.14 bits per heavy atom. The maximum Gasteiger partial charge on any atom is 0.413 e. The van der Waals surface area contributed by atoms with Crippen molar-refractivity contribution in [1.82, 2.24) is 15.1 Å². The van der Waals surface area contributed by atoms with E-state index >= 15 is 0 Å².